The Labute approximate surface area is 109 Å². The lowest BCUT2D eigenvalue weighted by Gasteiger charge is -2.23. The predicted octanol–water partition coefficient (Wildman–Crippen LogP) is 4.40. The van der Waals surface area contributed by atoms with Crippen LogP contribution in [0.15, 0.2) is 54.6 Å². The molecule has 0 unspecified atom stereocenters. The Balaban J connectivity index is 2.50. The summed E-state index contributed by atoms with van der Waals surface area (Å²) in [6.07, 6.45) is 0. The highest BCUT2D eigenvalue weighted by Crippen LogP contribution is 2.27. The maximum Gasteiger partial charge on any atom is 0.0687 e. The van der Waals surface area contributed by atoms with Crippen LogP contribution >= 0.6 is 0 Å². The van der Waals surface area contributed by atoms with Gasteiger partial charge in [0.05, 0.1) is 5.71 Å². The Hall–Kier alpha value is -1.89. The summed E-state index contributed by atoms with van der Waals surface area (Å²) >= 11 is 0. The normalized spacial score (nSPS) is 11.3. The second-order valence-corrected chi connectivity index (χ2v) is 5.54. The third kappa shape index (κ3) is 2.51. The lowest BCUT2D eigenvalue weighted by molar-refractivity contribution is 0.589. The van der Waals surface area contributed by atoms with Gasteiger partial charge in [-0.2, -0.15) is 0 Å². The Kier molecular flexibility index (Phi) is 3.33. The van der Waals surface area contributed by atoms with Crippen molar-refractivity contribution in [2.24, 2.45) is 0 Å². The van der Waals surface area contributed by atoms with Crippen molar-refractivity contribution in [1.29, 1.82) is 5.41 Å². The molecule has 0 aliphatic rings. The average molecular weight is 237 g/mol. The van der Waals surface area contributed by atoms with Crippen LogP contribution in [-0.2, 0) is 5.41 Å². The fraction of sp³-hybridized carbons (Fsp3) is 0.235. The highest BCUT2D eigenvalue weighted by atomic mass is 14.4. The summed E-state index contributed by atoms with van der Waals surface area (Å²) < 4.78 is 0. The molecule has 2 rings (SSSR count). The van der Waals surface area contributed by atoms with Crippen LogP contribution < -0.4 is 0 Å². The van der Waals surface area contributed by atoms with E-state index in [1.165, 1.54) is 5.56 Å². The smallest absolute Gasteiger partial charge is 0.0687 e. The third-order valence-electron chi connectivity index (χ3n) is 3.07. The molecule has 0 aliphatic carbocycles. The second-order valence-electron chi connectivity index (χ2n) is 5.54. The summed E-state index contributed by atoms with van der Waals surface area (Å²) in [4.78, 5) is 0. The summed E-state index contributed by atoms with van der Waals surface area (Å²) in [5.41, 5.74) is 3.86. The van der Waals surface area contributed by atoms with Gasteiger partial charge in [0.2, 0.25) is 0 Å². The molecule has 2 aromatic rings. The zero-order valence-corrected chi connectivity index (χ0v) is 11.2. The van der Waals surface area contributed by atoms with Crippen LogP contribution in [0.2, 0.25) is 0 Å². The maximum atomic E-state index is 8.39. The molecule has 18 heavy (non-hydrogen) atoms. The van der Waals surface area contributed by atoms with Crippen LogP contribution in [0.3, 0.4) is 0 Å². The summed E-state index contributed by atoms with van der Waals surface area (Å²) in [5, 5.41) is 8.39. The Morgan fingerprint density at radius 1 is 0.833 bits per heavy atom. The van der Waals surface area contributed by atoms with Crippen LogP contribution in [0.25, 0.3) is 0 Å². The first-order valence-corrected chi connectivity index (χ1v) is 6.24. The van der Waals surface area contributed by atoms with Crippen molar-refractivity contribution in [3.05, 3.63) is 71.3 Å². The van der Waals surface area contributed by atoms with Crippen LogP contribution in [0.4, 0.5) is 0 Å². The van der Waals surface area contributed by atoms with Gasteiger partial charge in [0, 0.05) is 11.1 Å². The molecule has 0 saturated heterocycles. The number of rotatable bonds is 2. The molecule has 0 amide bonds. The van der Waals surface area contributed by atoms with Crippen LogP contribution in [-0.4, -0.2) is 5.71 Å². The summed E-state index contributed by atoms with van der Waals surface area (Å²) in [6.45, 7) is 6.55. The Morgan fingerprint density at radius 2 is 1.39 bits per heavy atom. The molecule has 1 N–H and O–H groups in total. The van der Waals surface area contributed by atoms with E-state index in [4.69, 9.17) is 5.41 Å². The predicted molar refractivity (Wildman–Crippen MR) is 77.5 cm³/mol. The molecule has 0 atom stereocenters. The van der Waals surface area contributed by atoms with Gasteiger partial charge in [0.25, 0.3) is 0 Å². The van der Waals surface area contributed by atoms with E-state index in [0.29, 0.717) is 5.71 Å². The van der Waals surface area contributed by atoms with E-state index in [0.717, 1.165) is 11.1 Å². The fourth-order valence-corrected chi connectivity index (χ4v) is 2.12. The van der Waals surface area contributed by atoms with Crippen molar-refractivity contribution in [2.75, 3.05) is 0 Å². The van der Waals surface area contributed by atoms with Crippen LogP contribution in [0.5, 0.6) is 0 Å². The zero-order valence-electron chi connectivity index (χ0n) is 11.2. The molecule has 0 radical (unpaired) electrons. The Bertz CT molecular complexity index is 547. The number of hydrogen-bond acceptors (Lipinski definition) is 1. The molecule has 0 saturated carbocycles. The monoisotopic (exact) mass is 237 g/mol. The Morgan fingerprint density at radius 3 is 2.00 bits per heavy atom. The van der Waals surface area contributed by atoms with Crippen molar-refractivity contribution in [2.45, 2.75) is 26.2 Å². The molecular formula is C17H19N. The van der Waals surface area contributed by atoms with E-state index < -0.39 is 0 Å². The highest BCUT2D eigenvalue weighted by molar-refractivity contribution is 6.11. The van der Waals surface area contributed by atoms with E-state index in [1.54, 1.807) is 0 Å². The first-order valence-electron chi connectivity index (χ1n) is 6.24. The maximum absolute atomic E-state index is 8.39. The van der Waals surface area contributed by atoms with Gasteiger partial charge in [-0.1, -0.05) is 75.4 Å². The zero-order chi connectivity index (χ0) is 13.2. The van der Waals surface area contributed by atoms with E-state index >= 15 is 0 Å². The molecule has 0 spiro atoms. The quantitative estimate of drug-likeness (QED) is 0.749. The van der Waals surface area contributed by atoms with Gasteiger partial charge in [0.1, 0.15) is 0 Å². The van der Waals surface area contributed by atoms with E-state index in [1.807, 2.05) is 48.5 Å². The van der Waals surface area contributed by atoms with Gasteiger partial charge in [-0.25, -0.2) is 0 Å². The summed E-state index contributed by atoms with van der Waals surface area (Å²) in [5.74, 6) is 0. The lowest BCUT2D eigenvalue weighted by Crippen LogP contribution is -2.17. The molecule has 2 aromatic carbocycles. The average Bonchev–Trinajstić information content (AvgIpc) is 2.38. The van der Waals surface area contributed by atoms with Crippen LogP contribution in [0.1, 0.15) is 37.5 Å². The first-order chi connectivity index (χ1) is 8.50. The fourth-order valence-electron chi connectivity index (χ4n) is 2.12. The van der Waals surface area contributed by atoms with Crippen molar-refractivity contribution < 1.29 is 0 Å². The molecular weight excluding hydrogens is 218 g/mol. The van der Waals surface area contributed by atoms with Crippen LogP contribution in [0, 0.1) is 5.41 Å². The minimum absolute atomic E-state index is 0.0532. The van der Waals surface area contributed by atoms with Gasteiger partial charge < -0.3 is 0 Å². The topological polar surface area (TPSA) is 23.9 Å². The van der Waals surface area contributed by atoms with Gasteiger partial charge in [-0.05, 0) is 11.0 Å². The molecule has 0 fully saturated rings. The minimum atomic E-state index is 0.0532. The van der Waals surface area contributed by atoms with Crippen molar-refractivity contribution in [3.63, 3.8) is 0 Å². The largest absolute Gasteiger partial charge is 0.300 e. The molecule has 0 bridgehead atoms. The molecule has 0 aliphatic heterocycles. The molecule has 1 nitrogen and oxygen atoms in total. The van der Waals surface area contributed by atoms with Crippen molar-refractivity contribution >= 4 is 5.71 Å². The number of hydrogen-bond donors (Lipinski definition) is 1. The highest BCUT2D eigenvalue weighted by Gasteiger charge is 2.19. The van der Waals surface area contributed by atoms with E-state index in [9.17, 15) is 0 Å². The van der Waals surface area contributed by atoms with E-state index in [-0.39, 0.29) is 5.41 Å². The van der Waals surface area contributed by atoms with Gasteiger partial charge in [0.15, 0.2) is 0 Å². The van der Waals surface area contributed by atoms with Crippen molar-refractivity contribution in [1.82, 2.24) is 0 Å². The summed E-state index contributed by atoms with van der Waals surface area (Å²) in [7, 11) is 0. The van der Waals surface area contributed by atoms with Gasteiger partial charge in [-0.3, -0.25) is 5.41 Å². The van der Waals surface area contributed by atoms with E-state index in [2.05, 4.69) is 26.8 Å². The second kappa shape index (κ2) is 4.77. The molecule has 0 aromatic heterocycles. The molecule has 92 valence electrons. The van der Waals surface area contributed by atoms with Gasteiger partial charge >= 0.3 is 0 Å². The first kappa shape index (κ1) is 12.6. The number of benzene rings is 2. The molecule has 1 heteroatoms. The number of nitrogens with one attached hydrogen (secondary N) is 1. The summed E-state index contributed by atoms with van der Waals surface area (Å²) in [6, 6.07) is 18.1. The van der Waals surface area contributed by atoms with Crippen molar-refractivity contribution in [3.8, 4) is 0 Å². The third-order valence-corrected chi connectivity index (χ3v) is 3.07. The SMILES string of the molecule is CC(C)(C)c1ccccc1C(=N)c1ccccc1. The van der Waals surface area contributed by atoms with Gasteiger partial charge in [-0.15, -0.1) is 0 Å². The minimum Gasteiger partial charge on any atom is -0.300 e. The standard InChI is InChI=1S/C17H19N/c1-17(2,3)15-12-8-7-11-14(15)16(18)13-9-5-4-6-10-13/h4-12,18H,1-3H3. The molecule has 0 heterocycles. The lowest BCUT2D eigenvalue weighted by atomic mass is 9.81.